The maximum Gasteiger partial charge on any atom is 0.257 e. The third kappa shape index (κ3) is 4.17. The molecular weight excluding hydrogens is 394 g/mol. The highest BCUT2D eigenvalue weighted by atomic mass is 32.2. The molecule has 2 aromatic carbocycles. The van der Waals surface area contributed by atoms with Crippen molar-refractivity contribution >= 4 is 15.7 Å². The standard InChI is InChI=1S/C21H25NO6S/c1-26-15-7-9-16(10-8-15)29(24,25)17-11-13-22(14-12-17)21(23)18-5-4-6-19(27-2)20(18)28-3/h4-10,17H,11-14H2,1-3H3. The molecule has 156 valence electrons. The number of hydrogen-bond donors (Lipinski definition) is 0. The van der Waals surface area contributed by atoms with Gasteiger partial charge >= 0.3 is 0 Å². The summed E-state index contributed by atoms with van der Waals surface area (Å²) >= 11 is 0. The molecule has 0 N–H and O–H groups in total. The van der Waals surface area contributed by atoms with E-state index in [1.807, 2.05) is 0 Å². The molecule has 0 bridgehead atoms. The second kappa shape index (κ2) is 8.73. The Balaban J connectivity index is 1.72. The van der Waals surface area contributed by atoms with Crippen LogP contribution in [0.15, 0.2) is 47.4 Å². The van der Waals surface area contributed by atoms with Crippen LogP contribution >= 0.6 is 0 Å². The highest BCUT2D eigenvalue weighted by Gasteiger charge is 2.33. The van der Waals surface area contributed by atoms with Gasteiger partial charge in [-0.1, -0.05) is 6.07 Å². The van der Waals surface area contributed by atoms with Crippen molar-refractivity contribution in [3.63, 3.8) is 0 Å². The zero-order valence-electron chi connectivity index (χ0n) is 16.8. The topological polar surface area (TPSA) is 82.1 Å². The first kappa shape index (κ1) is 21.0. The number of methoxy groups -OCH3 is 3. The molecule has 0 aromatic heterocycles. The fourth-order valence-electron chi connectivity index (χ4n) is 3.55. The Morgan fingerprint density at radius 1 is 0.931 bits per heavy atom. The lowest BCUT2D eigenvalue weighted by atomic mass is 10.1. The lowest BCUT2D eigenvalue weighted by Gasteiger charge is -2.32. The minimum Gasteiger partial charge on any atom is -0.497 e. The number of likely N-dealkylation sites (tertiary alicyclic amines) is 1. The van der Waals surface area contributed by atoms with Crippen molar-refractivity contribution in [2.75, 3.05) is 34.4 Å². The summed E-state index contributed by atoms with van der Waals surface area (Å²) in [6.45, 7) is 0.721. The Hall–Kier alpha value is -2.74. The van der Waals surface area contributed by atoms with Crippen LogP contribution in [-0.4, -0.2) is 58.9 Å². The van der Waals surface area contributed by atoms with E-state index in [0.717, 1.165) is 0 Å². The molecule has 0 aliphatic carbocycles. The number of carbonyl (C=O) groups is 1. The third-order valence-electron chi connectivity index (χ3n) is 5.19. The van der Waals surface area contributed by atoms with Crippen molar-refractivity contribution in [3.05, 3.63) is 48.0 Å². The normalized spacial score (nSPS) is 15.1. The molecule has 0 radical (unpaired) electrons. The molecule has 8 heteroatoms. The first-order valence-corrected chi connectivity index (χ1v) is 10.8. The van der Waals surface area contributed by atoms with Gasteiger partial charge in [0.05, 0.1) is 37.0 Å². The van der Waals surface area contributed by atoms with Crippen molar-refractivity contribution in [3.8, 4) is 17.2 Å². The number of rotatable bonds is 6. The Morgan fingerprint density at radius 2 is 1.59 bits per heavy atom. The lowest BCUT2D eigenvalue weighted by molar-refractivity contribution is 0.0721. The first-order chi connectivity index (χ1) is 13.9. The summed E-state index contributed by atoms with van der Waals surface area (Å²) in [5, 5.41) is -0.521. The first-order valence-electron chi connectivity index (χ1n) is 9.30. The fraction of sp³-hybridized carbons (Fsp3) is 0.381. The predicted octanol–water partition coefficient (Wildman–Crippen LogP) is 2.79. The van der Waals surface area contributed by atoms with Gasteiger partial charge in [0.2, 0.25) is 0 Å². The van der Waals surface area contributed by atoms with E-state index in [2.05, 4.69) is 0 Å². The quantitative estimate of drug-likeness (QED) is 0.716. The number of piperidine rings is 1. The van der Waals surface area contributed by atoms with Gasteiger partial charge < -0.3 is 19.1 Å². The van der Waals surface area contributed by atoms with Crippen LogP contribution in [0.1, 0.15) is 23.2 Å². The summed E-state index contributed by atoms with van der Waals surface area (Å²) in [5.74, 6) is 1.28. The molecule has 0 spiro atoms. The van der Waals surface area contributed by atoms with Crippen molar-refractivity contribution < 1.29 is 27.4 Å². The summed E-state index contributed by atoms with van der Waals surface area (Å²) in [6, 6.07) is 11.5. The molecule has 1 saturated heterocycles. The minimum atomic E-state index is -3.46. The number of carbonyl (C=O) groups excluding carboxylic acids is 1. The number of benzene rings is 2. The van der Waals surface area contributed by atoms with Crippen molar-refractivity contribution in [1.29, 1.82) is 0 Å². The fourth-order valence-corrected chi connectivity index (χ4v) is 5.28. The Bertz CT molecular complexity index is 963. The predicted molar refractivity (Wildman–Crippen MR) is 109 cm³/mol. The molecule has 1 fully saturated rings. The van der Waals surface area contributed by atoms with E-state index in [1.165, 1.54) is 21.3 Å². The summed E-state index contributed by atoms with van der Waals surface area (Å²) < 4.78 is 41.6. The monoisotopic (exact) mass is 419 g/mol. The van der Waals surface area contributed by atoms with Crippen LogP contribution in [0.2, 0.25) is 0 Å². The van der Waals surface area contributed by atoms with Crippen LogP contribution in [0.5, 0.6) is 17.2 Å². The number of nitrogens with zero attached hydrogens (tertiary/aromatic N) is 1. The van der Waals surface area contributed by atoms with Gasteiger partial charge in [0.15, 0.2) is 21.3 Å². The zero-order valence-corrected chi connectivity index (χ0v) is 17.6. The molecule has 2 aromatic rings. The largest absolute Gasteiger partial charge is 0.497 e. The molecule has 3 rings (SSSR count). The number of ether oxygens (including phenoxy) is 3. The minimum absolute atomic E-state index is 0.193. The van der Waals surface area contributed by atoms with Gasteiger partial charge in [-0.2, -0.15) is 0 Å². The number of amides is 1. The Labute approximate surface area is 171 Å². The summed E-state index contributed by atoms with van der Waals surface area (Å²) in [4.78, 5) is 14.9. The van der Waals surface area contributed by atoms with Gasteiger partial charge in [0.1, 0.15) is 5.75 Å². The molecule has 0 unspecified atom stereocenters. The molecule has 7 nitrogen and oxygen atoms in total. The van der Waals surface area contributed by atoms with E-state index < -0.39 is 15.1 Å². The Kier molecular flexibility index (Phi) is 6.32. The second-order valence-electron chi connectivity index (χ2n) is 6.75. The lowest BCUT2D eigenvalue weighted by Crippen LogP contribution is -2.42. The average Bonchev–Trinajstić information content (AvgIpc) is 2.78. The van der Waals surface area contributed by atoms with Crippen LogP contribution < -0.4 is 14.2 Å². The zero-order chi connectivity index (χ0) is 21.0. The van der Waals surface area contributed by atoms with E-state index >= 15 is 0 Å². The van der Waals surface area contributed by atoms with Gasteiger partial charge in [-0.3, -0.25) is 4.79 Å². The van der Waals surface area contributed by atoms with Crippen molar-refractivity contribution in [2.45, 2.75) is 23.0 Å². The van der Waals surface area contributed by atoms with Gasteiger partial charge in [-0.05, 0) is 49.2 Å². The van der Waals surface area contributed by atoms with Gasteiger partial charge in [0.25, 0.3) is 5.91 Å². The van der Waals surface area contributed by atoms with Gasteiger partial charge in [-0.15, -0.1) is 0 Å². The van der Waals surface area contributed by atoms with Gasteiger partial charge in [-0.25, -0.2) is 8.42 Å². The molecule has 1 amide bonds. The van der Waals surface area contributed by atoms with Crippen molar-refractivity contribution in [2.24, 2.45) is 0 Å². The molecule has 0 atom stereocenters. The van der Waals surface area contributed by atoms with E-state index in [4.69, 9.17) is 14.2 Å². The van der Waals surface area contributed by atoms with Crippen LogP contribution in [-0.2, 0) is 9.84 Å². The van der Waals surface area contributed by atoms with Crippen LogP contribution in [0.4, 0.5) is 0 Å². The van der Waals surface area contributed by atoms with E-state index in [-0.39, 0.29) is 10.8 Å². The van der Waals surface area contributed by atoms with Crippen LogP contribution in [0, 0.1) is 0 Å². The second-order valence-corrected chi connectivity index (χ2v) is 8.98. The van der Waals surface area contributed by atoms with Crippen LogP contribution in [0.3, 0.4) is 0 Å². The molecule has 1 aliphatic heterocycles. The third-order valence-corrected chi connectivity index (χ3v) is 7.47. The summed E-state index contributed by atoms with van der Waals surface area (Å²) in [7, 11) is 1.08. The summed E-state index contributed by atoms with van der Waals surface area (Å²) in [6.07, 6.45) is 0.763. The van der Waals surface area contributed by atoms with E-state index in [0.29, 0.717) is 48.7 Å². The molecular formula is C21H25NO6S. The number of hydrogen-bond acceptors (Lipinski definition) is 6. The SMILES string of the molecule is COc1ccc(S(=O)(=O)C2CCN(C(=O)c3cccc(OC)c3OC)CC2)cc1. The summed E-state index contributed by atoms with van der Waals surface area (Å²) in [5.41, 5.74) is 0.406. The smallest absolute Gasteiger partial charge is 0.257 e. The molecule has 29 heavy (non-hydrogen) atoms. The average molecular weight is 419 g/mol. The van der Waals surface area contributed by atoms with Crippen LogP contribution in [0.25, 0.3) is 0 Å². The maximum atomic E-state index is 13.0. The number of sulfone groups is 1. The van der Waals surface area contributed by atoms with Gasteiger partial charge in [0, 0.05) is 13.1 Å². The van der Waals surface area contributed by atoms with E-state index in [9.17, 15) is 13.2 Å². The van der Waals surface area contributed by atoms with E-state index in [1.54, 1.807) is 47.4 Å². The maximum absolute atomic E-state index is 13.0. The molecule has 0 saturated carbocycles. The highest BCUT2D eigenvalue weighted by Crippen LogP contribution is 2.33. The molecule has 1 aliphatic rings. The van der Waals surface area contributed by atoms with Crippen molar-refractivity contribution in [1.82, 2.24) is 4.90 Å². The molecule has 1 heterocycles. The highest BCUT2D eigenvalue weighted by molar-refractivity contribution is 7.92. The Morgan fingerprint density at radius 3 is 2.14 bits per heavy atom. The number of para-hydroxylation sites is 1.